The number of piperidine rings is 1. The average molecular weight is 396 g/mol. The molecule has 1 atom stereocenters. The summed E-state index contributed by atoms with van der Waals surface area (Å²) in [6, 6.07) is 4.70. The number of rotatable bonds is 4. The second-order valence-corrected chi connectivity index (χ2v) is 9.99. The van der Waals surface area contributed by atoms with Crippen LogP contribution in [0.15, 0.2) is 23.1 Å². The van der Waals surface area contributed by atoms with E-state index in [-0.39, 0.29) is 28.0 Å². The first kappa shape index (κ1) is 20.1. The van der Waals surface area contributed by atoms with Crippen LogP contribution < -0.4 is 10.5 Å². The van der Waals surface area contributed by atoms with E-state index in [0.717, 1.165) is 19.3 Å². The van der Waals surface area contributed by atoms with Crippen LogP contribution in [-0.4, -0.2) is 62.9 Å². The minimum atomic E-state index is -3.68. The van der Waals surface area contributed by atoms with Gasteiger partial charge >= 0.3 is 0 Å². The molecule has 7 nitrogen and oxygen atoms in total. The van der Waals surface area contributed by atoms with Crippen LogP contribution in [0, 0.1) is 5.41 Å². The van der Waals surface area contributed by atoms with E-state index in [9.17, 15) is 13.2 Å². The highest BCUT2D eigenvalue weighted by molar-refractivity contribution is 7.89. The van der Waals surface area contributed by atoms with Crippen LogP contribution in [0.25, 0.3) is 0 Å². The first-order valence-corrected chi connectivity index (χ1v) is 10.8. The van der Waals surface area contributed by atoms with Gasteiger partial charge in [0.25, 0.3) is 5.91 Å². The van der Waals surface area contributed by atoms with Gasteiger partial charge in [-0.05, 0) is 42.9 Å². The number of likely N-dealkylation sites (tertiary alicyclic amines) is 1. The fourth-order valence-corrected chi connectivity index (χ4v) is 5.51. The third-order valence-corrected chi connectivity index (χ3v) is 7.61. The Balaban J connectivity index is 1.92. The summed E-state index contributed by atoms with van der Waals surface area (Å²) in [4.78, 5) is 14.9. The Kier molecular flexibility index (Phi) is 5.52. The summed E-state index contributed by atoms with van der Waals surface area (Å²) in [5.74, 6) is 0.0925. The number of ether oxygens (including phenoxy) is 1. The number of sulfonamides is 1. The highest BCUT2D eigenvalue weighted by Crippen LogP contribution is 2.32. The molecule has 1 aromatic carbocycles. The van der Waals surface area contributed by atoms with E-state index < -0.39 is 10.0 Å². The predicted molar refractivity (Wildman–Crippen MR) is 103 cm³/mol. The minimum absolute atomic E-state index is 0.0449. The number of methoxy groups -OCH3 is 1. The van der Waals surface area contributed by atoms with E-state index in [1.165, 1.54) is 17.5 Å². The number of carbonyl (C=O) groups is 1. The Labute approximate surface area is 161 Å². The van der Waals surface area contributed by atoms with Crippen LogP contribution >= 0.6 is 0 Å². The standard InChI is InChI=1S/C19H29N3O4S/c1-19(2)13-21(11-8-17(19)20)18(23)14-6-7-15(26-3)16(12-14)27(24,25)22-9-4-5-10-22/h6-7,12,17H,4-5,8-11,13,20H2,1-3H3. The van der Waals surface area contributed by atoms with Crippen molar-refractivity contribution in [2.24, 2.45) is 11.1 Å². The van der Waals surface area contributed by atoms with E-state index >= 15 is 0 Å². The van der Waals surface area contributed by atoms with Crippen molar-refractivity contribution in [1.82, 2.24) is 9.21 Å². The number of hydrogen-bond acceptors (Lipinski definition) is 5. The zero-order valence-corrected chi connectivity index (χ0v) is 17.1. The number of carbonyl (C=O) groups excluding carboxylic acids is 1. The fraction of sp³-hybridized carbons (Fsp3) is 0.632. The van der Waals surface area contributed by atoms with E-state index in [0.29, 0.717) is 31.7 Å². The number of hydrogen-bond donors (Lipinski definition) is 1. The molecule has 0 aliphatic carbocycles. The van der Waals surface area contributed by atoms with E-state index in [2.05, 4.69) is 0 Å². The Hall–Kier alpha value is -1.64. The number of nitrogens with two attached hydrogens (primary N) is 1. The number of nitrogens with zero attached hydrogens (tertiary/aromatic N) is 2. The van der Waals surface area contributed by atoms with Crippen molar-refractivity contribution in [1.29, 1.82) is 0 Å². The van der Waals surface area contributed by atoms with Crippen molar-refractivity contribution < 1.29 is 17.9 Å². The van der Waals surface area contributed by atoms with Crippen LogP contribution in [-0.2, 0) is 10.0 Å². The maximum atomic E-state index is 13.0. The summed E-state index contributed by atoms with van der Waals surface area (Å²) in [5, 5.41) is 0. The van der Waals surface area contributed by atoms with Gasteiger partial charge in [-0.3, -0.25) is 4.79 Å². The molecule has 2 aliphatic rings. The lowest BCUT2D eigenvalue weighted by Crippen LogP contribution is -2.54. The molecular formula is C19H29N3O4S. The van der Waals surface area contributed by atoms with Crippen molar-refractivity contribution in [3.8, 4) is 5.75 Å². The van der Waals surface area contributed by atoms with Crippen molar-refractivity contribution >= 4 is 15.9 Å². The molecule has 2 fully saturated rings. The lowest BCUT2D eigenvalue weighted by atomic mass is 9.79. The fourth-order valence-electron chi connectivity index (χ4n) is 3.81. The molecule has 150 valence electrons. The van der Waals surface area contributed by atoms with Crippen molar-refractivity contribution in [3.05, 3.63) is 23.8 Å². The molecule has 2 N–H and O–H groups in total. The van der Waals surface area contributed by atoms with E-state index in [4.69, 9.17) is 10.5 Å². The second-order valence-electron chi connectivity index (χ2n) is 8.09. The van der Waals surface area contributed by atoms with Gasteiger partial charge in [0.1, 0.15) is 10.6 Å². The van der Waals surface area contributed by atoms with Gasteiger partial charge in [-0.25, -0.2) is 8.42 Å². The first-order valence-electron chi connectivity index (χ1n) is 9.40. The molecule has 1 unspecified atom stereocenters. The molecule has 3 rings (SSSR count). The highest BCUT2D eigenvalue weighted by Gasteiger charge is 2.36. The summed E-state index contributed by atoms with van der Waals surface area (Å²) in [5.41, 5.74) is 6.35. The molecule has 1 aromatic rings. The topological polar surface area (TPSA) is 92.9 Å². The Morgan fingerprint density at radius 1 is 1.22 bits per heavy atom. The summed E-state index contributed by atoms with van der Waals surface area (Å²) >= 11 is 0. The Morgan fingerprint density at radius 2 is 1.89 bits per heavy atom. The molecule has 2 aliphatic heterocycles. The summed E-state index contributed by atoms with van der Waals surface area (Å²) in [6.45, 7) is 6.23. The molecule has 2 saturated heterocycles. The van der Waals surface area contributed by atoms with Gasteiger partial charge in [-0.1, -0.05) is 13.8 Å². The third-order valence-electron chi connectivity index (χ3n) is 5.69. The molecule has 0 aromatic heterocycles. The predicted octanol–water partition coefficient (Wildman–Crippen LogP) is 1.68. The van der Waals surface area contributed by atoms with Crippen molar-refractivity contribution in [3.63, 3.8) is 0 Å². The van der Waals surface area contributed by atoms with Gasteiger partial charge in [0, 0.05) is 37.8 Å². The summed E-state index contributed by atoms with van der Waals surface area (Å²) < 4.78 is 32.8. The van der Waals surface area contributed by atoms with Crippen LogP contribution in [0.3, 0.4) is 0 Å². The minimum Gasteiger partial charge on any atom is -0.495 e. The Bertz CT molecular complexity index is 816. The van der Waals surface area contributed by atoms with E-state index in [1.807, 2.05) is 13.8 Å². The molecule has 2 heterocycles. The molecule has 1 amide bonds. The molecule has 8 heteroatoms. The van der Waals surface area contributed by atoms with Gasteiger partial charge in [0.2, 0.25) is 10.0 Å². The van der Waals surface area contributed by atoms with Crippen LogP contribution in [0.1, 0.15) is 43.5 Å². The van der Waals surface area contributed by atoms with Crippen molar-refractivity contribution in [2.75, 3.05) is 33.3 Å². The maximum Gasteiger partial charge on any atom is 0.253 e. The second kappa shape index (κ2) is 7.41. The maximum absolute atomic E-state index is 13.0. The van der Waals surface area contributed by atoms with Crippen LogP contribution in [0.2, 0.25) is 0 Å². The normalized spacial score (nSPS) is 23.4. The lowest BCUT2D eigenvalue weighted by Gasteiger charge is -2.42. The number of benzene rings is 1. The van der Waals surface area contributed by atoms with Crippen molar-refractivity contribution in [2.45, 2.75) is 44.0 Å². The van der Waals surface area contributed by atoms with Gasteiger partial charge in [0.15, 0.2) is 0 Å². The molecule has 0 saturated carbocycles. The third kappa shape index (κ3) is 3.83. The van der Waals surface area contributed by atoms with Gasteiger partial charge < -0.3 is 15.4 Å². The molecule has 0 spiro atoms. The average Bonchev–Trinajstić information content (AvgIpc) is 3.18. The van der Waals surface area contributed by atoms with Gasteiger partial charge in [-0.2, -0.15) is 4.31 Å². The Morgan fingerprint density at radius 3 is 2.48 bits per heavy atom. The molecule has 27 heavy (non-hydrogen) atoms. The zero-order chi connectivity index (χ0) is 19.8. The monoisotopic (exact) mass is 395 g/mol. The van der Waals surface area contributed by atoms with Crippen LogP contribution in [0.5, 0.6) is 5.75 Å². The summed E-state index contributed by atoms with van der Waals surface area (Å²) in [6.07, 6.45) is 2.43. The smallest absolute Gasteiger partial charge is 0.253 e. The first-order chi connectivity index (χ1) is 12.7. The zero-order valence-electron chi connectivity index (χ0n) is 16.3. The molecule has 0 bridgehead atoms. The molecule has 0 radical (unpaired) electrons. The van der Waals surface area contributed by atoms with Gasteiger partial charge in [0.05, 0.1) is 7.11 Å². The summed E-state index contributed by atoms with van der Waals surface area (Å²) in [7, 11) is -2.24. The highest BCUT2D eigenvalue weighted by atomic mass is 32.2. The lowest BCUT2D eigenvalue weighted by molar-refractivity contribution is 0.0532. The quantitative estimate of drug-likeness (QED) is 0.837. The SMILES string of the molecule is COc1ccc(C(=O)N2CCC(N)C(C)(C)C2)cc1S(=O)(=O)N1CCCC1. The molecular weight excluding hydrogens is 366 g/mol. The number of amides is 1. The van der Waals surface area contributed by atoms with E-state index in [1.54, 1.807) is 17.0 Å². The van der Waals surface area contributed by atoms with Crippen LogP contribution in [0.4, 0.5) is 0 Å². The van der Waals surface area contributed by atoms with Gasteiger partial charge in [-0.15, -0.1) is 0 Å². The largest absolute Gasteiger partial charge is 0.495 e.